The monoisotopic (exact) mass is 155 g/mol. The predicted molar refractivity (Wildman–Crippen MR) is 28.1 cm³/mol. The normalized spacial score (nSPS) is 11.8. The minimum Gasteiger partial charge on any atom is -0.548 e. The van der Waals surface area contributed by atoms with E-state index in [9.17, 15) is 9.90 Å². The van der Waals surface area contributed by atoms with Crippen LogP contribution in [0.15, 0.2) is 0 Å². The summed E-state index contributed by atoms with van der Waals surface area (Å²) in [5.41, 5.74) is 0. The predicted octanol–water partition coefficient (Wildman–Crippen LogP) is -4.26. The van der Waals surface area contributed by atoms with E-state index >= 15 is 0 Å². The molecule has 1 atom stereocenters. The van der Waals surface area contributed by atoms with Crippen molar-refractivity contribution in [2.24, 2.45) is 0 Å². The van der Waals surface area contributed by atoms with Gasteiger partial charge in [-0.3, -0.25) is 0 Å². The third-order valence-corrected chi connectivity index (χ3v) is 0.864. The zero-order valence-corrected chi connectivity index (χ0v) is 9.22. The number of likely N-dealkylation sites (N-methyl/N-ethyl adjacent to an activating group) is 1. The molecule has 4 heteroatoms. The molecule has 0 aromatic heterocycles. The van der Waals surface area contributed by atoms with Crippen LogP contribution < -0.4 is 61.8 Å². The molecule has 0 aliphatic rings. The van der Waals surface area contributed by atoms with E-state index in [0.717, 1.165) is 0 Å². The number of hydrogen-bond acceptors (Lipinski definition) is 3. The molecule has 0 fully saturated rings. The summed E-state index contributed by atoms with van der Waals surface area (Å²) in [7, 11) is 0. The number of carbonyl (C=O) groups excluding carboxylic acids is 1. The molecule has 3 nitrogen and oxygen atoms in total. The summed E-state index contributed by atoms with van der Waals surface area (Å²) >= 11 is 0. The molecule has 0 bridgehead atoms. The smallest absolute Gasteiger partial charge is 0.548 e. The second kappa shape index (κ2) is 7.18. The van der Waals surface area contributed by atoms with Gasteiger partial charge in [0.1, 0.15) is 0 Å². The van der Waals surface area contributed by atoms with Gasteiger partial charge in [0.25, 0.3) is 0 Å². The van der Waals surface area contributed by atoms with Gasteiger partial charge in [-0.1, -0.05) is 6.92 Å². The van der Waals surface area contributed by atoms with Crippen molar-refractivity contribution in [1.82, 2.24) is 5.32 Å². The summed E-state index contributed by atoms with van der Waals surface area (Å²) in [4.78, 5) is 9.92. The number of carboxylic acids is 1. The van der Waals surface area contributed by atoms with E-state index in [1.165, 1.54) is 0 Å². The van der Waals surface area contributed by atoms with E-state index in [4.69, 9.17) is 0 Å². The maximum Gasteiger partial charge on any atom is 1.00 e. The van der Waals surface area contributed by atoms with Crippen molar-refractivity contribution in [3.05, 3.63) is 0 Å². The van der Waals surface area contributed by atoms with E-state index in [-0.39, 0.29) is 51.4 Å². The molecule has 0 aromatic carbocycles. The SMILES string of the molecule is CCNC(C)C(=O)[O-].[K+]. The number of carboxylic acid groups (broad SMARTS) is 1. The van der Waals surface area contributed by atoms with E-state index in [2.05, 4.69) is 5.32 Å². The largest absolute Gasteiger partial charge is 1.00 e. The fourth-order valence-electron chi connectivity index (χ4n) is 0.390. The average molecular weight is 155 g/mol. The Morgan fingerprint density at radius 1 is 1.78 bits per heavy atom. The first kappa shape index (κ1) is 12.7. The third-order valence-electron chi connectivity index (χ3n) is 0.864. The molecule has 0 aliphatic heterocycles. The maximum atomic E-state index is 9.92. The van der Waals surface area contributed by atoms with Gasteiger partial charge in [-0.25, -0.2) is 0 Å². The van der Waals surface area contributed by atoms with Gasteiger partial charge in [0.15, 0.2) is 0 Å². The molecular weight excluding hydrogens is 145 g/mol. The average Bonchev–Trinajstić information content (AvgIpc) is 1.67. The number of aliphatic carboxylic acids is 1. The quantitative estimate of drug-likeness (QED) is 0.420. The zero-order chi connectivity index (χ0) is 6.57. The molecule has 48 valence electrons. The summed E-state index contributed by atoms with van der Waals surface area (Å²) in [6.45, 7) is 4.06. The summed E-state index contributed by atoms with van der Waals surface area (Å²) in [6, 6.07) is -0.528. The van der Waals surface area contributed by atoms with Crippen LogP contribution in [0.1, 0.15) is 13.8 Å². The maximum absolute atomic E-state index is 9.92. The molecule has 9 heavy (non-hydrogen) atoms. The molecular formula is C5H10KNO2. The van der Waals surface area contributed by atoms with Crippen molar-refractivity contribution in [2.75, 3.05) is 6.54 Å². The summed E-state index contributed by atoms with van der Waals surface area (Å²) in [6.07, 6.45) is 0. The zero-order valence-electron chi connectivity index (χ0n) is 6.10. The van der Waals surface area contributed by atoms with Gasteiger partial charge < -0.3 is 15.2 Å². The topological polar surface area (TPSA) is 52.2 Å². The molecule has 0 radical (unpaired) electrons. The Bertz CT molecular complexity index is 87.0. The molecule has 1 N–H and O–H groups in total. The Morgan fingerprint density at radius 2 is 2.22 bits per heavy atom. The van der Waals surface area contributed by atoms with Crippen molar-refractivity contribution < 1.29 is 61.3 Å². The Kier molecular flexibility index (Phi) is 10.1. The minimum absolute atomic E-state index is 0. The van der Waals surface area contributed by atoms with Gasteiger partial charge in [-0.05, 0) is 13.5 Å². The van der Waals surface area contributed by atoms with Crippen molar-refractivity contribution in [3.8, 4) is 0 Å². The van der Waals surface area contributed by atoms with E-state index < -0.39 is 12.0 Å². The van der Waals surface area contributed by atoms with Crippen molar-refractivity contribution >= 4 is 5.97 Å². The van der Waals surface area contributed by atoms with Crippen LogP contribution in [-0.2, 0) is 4.79 Å². The minimum atomic E-state index is -1.05. The van der Waals surface area contributed by atoms with Gasteiger partial charge >= 0.3 is 51.4 Å². The van der Waals surface area contributed by atoms with Crippen LogP contribution in [0, 0.1) is 0 Å². The van der Waals surface area contributed by atoms with Gasteiger partial charge in [0.2, 0.25) is 0 Å². The number of nitrogens with one attached hydrogen (secondary N) is 1. The van der Waals surface area contributed by atoms with Gasteiger partial charge in [-0.2, -0.15) is 0 Å². The molecule has 1 unspecified atom stereocenters. The van der Waals surface area contributed by atoms with Gasteiger partial charge in [-0.15, -0.1) is 0 Å². The first-order valence-corrected chi connectivity index (χ1v) is 2.62. The second-order valence-electron chi connectivity index (χ2n) is 1.60. The van der Waals surface area contributed by atoms with Crippen molar-refractivity contribution in [2.45, 2.75) is 19.9 Å². The summed E-state index contributed by atoms with van der Waals surface area (Å²) in [5, 5.41) is 12.6. The van der Waals surface area contributed by atoms with Crippen LogP contribution in [0.5, 0.6) is 0 Å². The molecule has 0 heterocycles. The van der Waals surface area contributed by atoms with Crippen LogP contribution in [0.2, 0.25) is 0 Å². The fraction of sp³-hybridized carbons (Fsp3) is 0.800. The summed E-state index contributed by atoms with van der Waals surface area (Å²) in [5.74, 6) is -1.05. The van der Waals surface area contributed by atoms with Crippen molar-refractivity contribution in [1.29, 1.82) is 0 Å². The van der Waals surface area contributed by atoms with Crippen molar-refractivity contribution in [3.63, 3.8) is 0 Å². The van der Waals surface area contributed by atoms with Crippen LogP contribution in [0.3, 0.4) is 0 Å². The molecule has 0 aromatic rings. The summed E-state index contributed by atoms with van der Waals surface area (Å²) < 4.78 is 0. The molecule has 0 rings (SSSR count). The van der Waals surface area contributed by atoms with Gasteiger partial charge in [0, 0.05) is 6.04 Å². The number of carbonyl (C=O) groups is 1. The van der Waals surface area contributed by atoms with E-state index in [1.54, 1.807) is 6.92 Å². The standard InChI is InChI=1S/C5H11NO2.K/c1-3-6-4(2)5(7)8;/h4,6H,3H2,1-2H3,(H,7,8);/q;+1/p-1. The molecule has 0 spiro atoms. The Labute approximate surface area is 97.6 Å². The van der Waals surface area contributed by atoms with Crippen LogP contribution >= 0.6 is 0 Å². The molecule has 0 saturated heterocycles. The van der Waals surface area contributed by atoms with Crippen LogP contribution in [0.25, 0.3) is 0 Å². The van der Waals surface area contributed by atoms with Gasteiger partial charge in [0.05, 0.1) is 5.97 Å². The second-order valence-corrected chi connectivity index (χ2v) is 1.60. The third kappa shape index (κ3) is 6.96. The van der Waals surface area contributed by atoms with Crippen LogP contribution in [0.4, 0.5) is 0 Å². The Balaban J connectivity index is 0. The number of hydrogen-bond donors (Lipinski definition) is 1. The first-order valence-electron chi connectivity index (χ1n) is 2.62. The first-order chi connectivity index (χ1) is 3.68. The van der Waals surface area contributed by atoms with Crippen LogP contribution in [-0.4, -0.2) is 18.6 Å². The molecule has 0 amide bonds. The Morgan fingerprint density at radius 3 is 2.33 bits per heavy atom. The number of rotatable bonds is 3. The van der Waals surface area contributed by atoms with E-state index in [1.807, 2.05) is 6.92 Å². The Hall–Kier alpha value is 1.07. The molecule has 0 aliphatic carbocycles. The molecule has 0 saturated carbocycles. The van der Waals surface area contributed by atoms with E-state index in [0.29, 0.717) is 6.54 Å². The fourth-order valence-corrected chi connectivity index (χ4v) is 0.390.